The van der Waals surface area contributed by atoms with Crippen LogP contribution < -0.4 is 5.32 Å². The largest absolute Gasteiger partial charge is 0.480 e. The van der Waals surface area contributed by atoms with E-state index in [1.807, 2.05) is 36.4 Å². The lowest BCUT2D eigenvalue weighted by molar-refractivity contribution is -0.141. The van der Waals surface area contributed by atoms with Crippen LogP contribution in [0.15, 0.2) is 72.8 Å². The van der Waals surface area contributed by atoms with Crippen molar-refractivity contribution in [2.24, 2.45) is 0 Å². The number of ether oxygens (including phenoxy) is 1. The minimum absolute atomic E-state index is 0.0151. The number of benzene rings is 3. The van der Waals surface area contributed by atoms with Gasteiger partial charge in [-0.1, -0.05) is 54.6 Å². The predicted octanol–water partition coefficient (Wildman–Crippen LogP) is 3.71. The van der Waals surface area contributed by atoms with Gasteiger partial charge < -0.3 is 19.8 Å². The maximum absolute atomic E-state index is 12.9. The number of aliphatic hydroxyl groups excluding tert-OH is 1. The predicted molar refractivity (Wildman–Crippen MR) is 128 cm³/mol. The molecule has 3 aromatic rings. The van der Waals surface area contributed by atoms with Gasteiger partial charge in [0.15, 0.2) is 0 Å². The van der Waals surface area contributed by atoms with Crippen molar-refractivity contribution in [1.29, 1.82) is 0 Å². The fourth-order valence-corrected chi connectivity index (χ4v) is 4.92. The van der Waals surface area contributed by atoms with Crippen LogP contribution in [0.5, 0.6) is 0 Å². The van der Waals surface area contributed by atoms with E-state index < -0.39 is 30.1 Å². The number of nitrogens with one attached hydrogen (secondary N) is 1. The Morgan fingerprint density at radius 2 is 1.60 bits per heavy atom. The number of hydrogen-bond donors (Lipinski definition) is 3. The lowest BCUT2D eigenvalue weighted by Gasteiger charge is -2.21. The molecule has 5 rings (SSSR count). The van der Waals surface area contributed by atoms with Crippen LogP contribution in [-0.2, 0) is 9.53 Å². The molecule has 1 aliphatic heterocycles. The monoisotopic (exact) mass is 472 g/mol. The van der Waals surface area contributed by atoms with Gasteiger partial charge in [0, 0.05) is 30.1 Å². The van der Waals surface area contributed by atoms with Gasteiger partial charge in [0.25, 0.3) is 5.91 Å². The van der Waals surface area contributed by atoms with E-state index in [9.17, 15) is 24.6 Å². The van der Waals surface area contributed by atoms with Crippen LogP contribution in [0.3, 0.4) is 0 Å². The molecule has 3 N–H and O–H groups in total. The minimum Gasteiger partial charge on any atom is -0.480 e. The van der Waals surface area contributed by atoms with Crippen molar-refractivity contribution in [1.82, 2.24) is 4.90 Å². The summed E-state index contributed by atoms with van der Waals surface area (Å²) in [6.07, 6.45) is -1.56. The van der Waals surface area contributed by atoms with Gasteiger partial charge in [0.2, 0.25) is 0 Å². The third-order valence-electron chi connectivity index (χ3n) is 6.52. The smallest absolute Gasteiger partial charge is 0.411 e. The van der Waals surface area contributed by atoms with Crippen molar-refractivity contribution < 1.29 is 29.3 Å². The summed E-state index contributed by atoms with van der Waals surface area (Å²) in [6, 6.07) is 21.2. The number of anilines is 1. The third-order valence-corrected chi connectivity index (χ3v) is 6.52. The van der Waals surface area contributed by atoms with Gasteiger partial charge in [-0.25, -0.2) is 9.59 Å². The second-order valence-electron chi connectivity index (χ2n) is 8.73. The first-order valence-electron chi connectivity index (χ1n) is 11.4. The lowest BCUT2D eigenvalue weighted by atomic mass is 9.98. The van der Waals surface area contributed by atoms with Crippen LogP contribution in [-0.4, -0.2) is 58.4 Å². The minimum atomic E-state index is -1.16. The molecule has 3 aromatic carbocycles. The molecule has 1 saturated heterocycles. The Balaban J connectivity index is 1.26. The third kappa shape index (κ3) is 4.36. The number of nitrogens with zero attached hydrogens (tertiary/aromatic N) is 1. The highest BCUT2D eigenvalue weighted by molar-refractivity contribution is 5.98. The Kier molecular flexibility index (Phi) is 5.96. The van der Waals surface area contributed by atoms with Crippen LogP contribution in [0.1, 0.15) is 33.8 Å². The Morgan fingerprint density at radius 3 is 2.26 bits per heavy atom. The summed E-state index contributed by atoms with van der Waals surface area (Å²) in [7, 11) is 0. The molecular weight excluding hydrogens is 448 g/mol. The fraction of sp³-hybridized carbons (Fsp3) is 0.222. The molecule has 2 atom stereocenters. The number of β-amino-alcohol motifs (C(OH)–C–C–N with tert-alkyl or cyclic N) is 1. The number of amides is 2. The van der Waals surface area contributed by atoms with E-state index in [0.717, 1.165) is 27.2 Å². The van der Waals surface area contributed by atoms with Crippen LogP contribution in [0.25, 0.3) is 11.1 Å². The molecule has 1 fully saturated rings. The number of rotatable bonds is 5. The topological polar surface area (TPSA) is 116 Å². The molecule has 0 bridgehead atoms. The standard InChI is InChI=1S/C27H24N2O6/c30-18-13-24(26(32)33)29(14-18)25(31)16-6-5-7-17(12-16)28-27(34)35-15-23-21-10-3-1-8-19(21)20-9-2-4-11-22(20)23/h1-12,18,23-24,30H,13-15H2,(H,28,34)(H,32,33). The van der Waals surface area contributed by atoms with Crippen molar-refractivity contribution >= 4 is 23.7 Å². The van der Waals surface area contributed by atoms with Gasteiger partial charge >= 0.3 is 12.1 Å². The fourth-order valence-electron chi connectivity index (χ4n) is 4.92. The second-order valence-corrected chi connectivity index (χ2v) is 8.73. The summed E-state index contributed by atoms with van der Waals surface area (Å²) in [5.74, 6) is -1.76. The van der Waals surface area contributed by atoms with Crippen molar-refractivity contribution in [3.63, 3.8) is 0 Å². The number of carboxylic acid groups (broad SMARTS) is 1. The number of carboxylic acids is 1. The molecule has 1 heterocycles. The summed E-state index contributed by atoms with van der Waals surface area (Å²) in [4.78, 5) is 38.1. The highest BCUT2D eigenvalue weighted by atomic mass is 16.5. The maximum atomic E-state index is 12.9. The lowest BCUT2D eigenvalue weighted by Crippen LogP contribution is -2.40. The number of carbonyl (C=O) groups is 3. The number of carbonyl (C=O) groups excluding carboxylic acids is 2. The van der Waals surface area contributed by atoms with Gasteiger partial charge in [-0.2, -0.15) is 0 Å². The summed E-state index contributed by atoms with van der Waals surface area (Å²) in [5.41, 5.74) is 5.04. The zero-order valence-corrected chi connectivity index (χ0v) is 18.8. The van der Waals surface area contributed by atoms with E-state index in [1.165, 1.54) is 12.1 Å². The Morgan fingerprint density at radius 1 is 0.943 bits per heavy atom. The van der Waals surface area contributed by atoms with E-state index in [1.54, 1.807) is 12.1 Å². The summed E-state index contributed by atoms with van der Waals surface area (Å²) in [6.45, 7) is 0.101. The number of aliphatic carboxylic acids is 1. The number of aliphatic hydroxyl groups is 1. The molecule has 2 unspecified atom stereocenters. The SMILES string of the molecule is O=C(Nc1cccc(C(=O)N2CC(O)CC2C(=O)O)c1)OCC1c2ccccc2-c2ccccc21. The Labute approximate surface area is 201 Å². The average Bonchev–Trinajstić information content (AvgIpc) is 3.41. The molecule has 1 aliphatic carbocycles. The van der Waals surface area contributed by atoms with E-state index in [4.69, 9.17) is 4.74 Å². The quantitative estimate of drug-likeness (QED) is 0.521. The van der Waals surface area contributed by atoms with E-state index >= 15 is 0 Å². The molecule has 0 saturated carbocycles. The van der Waals surface area contributed by atoms with Gasteiger partial charge in [0.1, 0.15) is 12.6 Å². The molecule has 0 aromatic heterocycles. The van der Waals surface area contributed by atoms with E-state index in [2.05, 4.69) is 17.4 Å². The number of likely N-dealkylation sites (tertiary alicyclic amines) is 1. The van der Waals surface area contributed by atoms with Crippen molar-refractivity contribution in [3.8, 4) is 11.1 Å². The first-order chi connectivity index (χ1) is 16.9. The maximum Gasteiger partial charge on any atom is 0.411 e. The molecule has 178 valence electrons. The van der Waals surface area contributed by atoms with Crippen molar-refractivity contribution in [2.75, 3.05) is 18.5 Å². The Hall–Kier alpha value is -4.17. The first kappa shape index (κ1) is 22.6. The van der Waals surface area contributed by atoms with Crippen LogP contribution in [0.4, 0.5) is 10.5 Å². The summed E-state index contributed by atoms with van der Waals surface area (Å²) in [5, 5.41) is 21.8. The average molecular weight is 472 g/mol. The summed E-state index contributed by atoms with van der Waals surface area (Å²) < 4.78 is 5.55. The molecule has 0 spiro atoms. The molecule has 8 heteroatoms. The van der Waals surface area contributed by atoms with Crippen molar-refractivity contribution in [3.05, 3.63) is 89.5 Å². The zero-order chi connectivity index (χ0) is 24.5. The van der Waals surface area contributed by atoms with Crippen LogP contribution >= 0.6 is 0 Å². The summed E-state index contributed by atoms with van der Waals surface area (Å²) >= 11 is 0. The normalized spacial score (nSPS) is 18.6. The van der Waals surface area contributed by atoms with Crippen molar-refractivity contribution in [2.45, 2.75) is 24.5 Å². The van der Waals surface area contributed by atoms with Gasteiger partial charge in [-0.15, -0.1) is 0 Å². The Bertz CT molecular complexity index is 1260. The molecule has 35 heavy (non-hydrogen) atoms. The highest BCUT2D eigenvalue weighted by Crippen LogP contribution is 2.44. The highest BCUT2D eigenvalue weighted by Gasteiger charge is 2.39. The van der Waals surface area contributed by atoms with Crippen LogP contribution in [0.2, 0.25) is 0 Å². The number of hydrogen-bond acceptors (Lipinski definition) is 5. The van der Waals surface area contributed by atoms with Gasteiger partial charge in [0.05, 0.1) is 6.10 Å². The van der Waals surface area contributed by atoms with Crippen LogP contribution in [0, 0.1) is 0 Å². The molecule has 8 nitrogen and oxygen atoms in total. The first-order valence-corrected chi connectivity index (χ1v) is 11.4. The number of fused-ring (bicyclic) bond motifs is 3. The molecular formula is C27H24N2O6. The molecule has 2 aliphatic rings. The molecule has 2 amide bonds. The molecule has 0 radical (unpaired) electrons. The zero-order valence-electron chi connectivity index (χ0n) is 18.8. The van der Waals surface area contributed by atoms with E-state index in [-0.39, 0.29) is 31.1 Å². The van der Waals surface area contributed by atoms with E-state index in [0.29, 0.717) is 5.69 Å². The second kappa shape index (κ2) is 9.23. The van der Waals surface area contributed by atoms with Gasteiger partial charge in [-0.3, -0.25) is 10.1 Å². The van der Waals surface area contributed by atoms with Gasteiger partial charge in [-0.05, 0) is 40.5 Å².